The van der Waals surface area contributed by atoms with Crippen LogP contribution in [-0.2, 0) is 17.7 Å². The molecule has 0 bridgehead atoms. The molecule has 208 valence electrons. The Labute approximate surface area is 230 Å². The minimum absolute atomic E-state index is 0.126. The van der Waals surface area contributed by atoms with Crippen LogP contribution in [0, 0.1) is 5.41 Å². The number of hydrogen-bond acceptors (Lipinski definition) is 8. The minimum atomic E-state index is -0.792. The van der Waals surface area contributed by atoms with Gasteiger partial charge >= 0.3 is 5.69 Å². The molecule has 1 unspecified atom stereocenters. The lowest BCUT2D eigenvalue weighted by atomic mass is 9.92. The van der Waals surface area contributed by atoms with Crippen LogP contribution in [0.5, 0.6) is 0 Å². The molecule has 0 saturated carbocycles. The lowest BCUT2D eigenvalue weighted by Crippen LogP contribution is -2.44. The first-order valence-electron chi connectivity index (χ1n) is 12.9. The molecule has 40 heavy (non-hydrogen) atoms. The van der Waals surface area contributed by atoms with Crippen molar-refractivity contribution in [2.45, 2.75) is 46.9 Å². The van der Waals surface area contributed by atoms with Gasteiger partial charge in [0.2, 0.25) is 5.65 Å². The van der Waals surface area contributed by atoms with Crippen LogP contribution in [0.1, 0.15) is 45.3 Å². The van der Waals surface area contributed by atoms with E-state index in [4.69, 9.17) is 14.6 Å². The van der Waals surface area contributed by atoms with E-state index in [9.17, 15) is 9.59 Å². The fraction of sp³-hybridized carbons (Fsp3) is 0.357. The van der Waals surface area contributed by atoms with Crippen molar-refractivity contribution in [3.8, 4) is 22.5 Å². The fourth-order valence-electron chi connectivity index (χ4n) is 4.78. The van der Waals surface area contributed by atoms with Crippen LogP contribution in [0.25, 0.3) is 33.7 Å². The van der Waals surface area contributed by atoms with Crippen LogP contribution in [-0.4, -0.2) is 53.7 Å². The van der Waals surface area contributed by atoms with Gasteiger partial charge in [0.05, 0.1) is 0 Å². The van der Waals surface area contributed by atoms with Gasteiger partial charge in [-0.3, -0.25) is 4.79 Å². The highest BCUT2D eigenvalue weighted by molar-refractivity contribution is 5.80. The van der Waals surface area contributed by atoms with Crippen molar-refractivity contribution < 1.29 is 9.57 Å². The predicted molar refractivity (Wildman–Crippen MR) is 150 cm³/mol. The molecule has 2 aromatic carbocycles. The molecule has 3 aromatic heterocycles. The third kappa shape index (κ3) is 4.93. The van der Waals surface area contributed by atoms with Gasteiger partial charge in [0.25, 0.3) is 5.56 Å². The first-order valence-corrected chi connectivity index (χ1v) is 12.9. The number of hydrogen-bond donors (Lipinski definition) is 1. The fourth-order valence-corrected chi connectivity index (χ4v) is 4.78. The second-order valence-electron chi connectivity index (χ2n) is 10.8. The minimum Gasteiger partial charge on any atom is -0.411 e. The molecular formula is C28H32N8O4. The van der Waals surface area contributed by atoms with Gasteiger partial charge in [0, 0.05) is 25.6 Å². The summed E-state index contributed by atoms with van der Waals surface area (Å²) >= 11 is 0. The first-order chi connectivity index (χ1) is 19.1. The maximum absolute atomic E-state index is 13.7. The normalized spacial score (nSPS) is 12.7. The second-order valence-corrected chi connectivity index (χ2v) is 10.8. The largest absolute Gasteiger partial charge is 0.411 e. The van der Waals surface area contributed by atoms with Gasteiger partial charge < -0.3 is 14.1 Å². The van der Waals surface area contributed by atoms with Crippen LogP contribution in [0.15, 0.2) is 58.1 Å². The van der Waals surface area contributed by atoms with Crippen LogP contribution in [0.2, 0.25) is 0 Å². The molecular weight excluding hydrogens is 512 g/mol. The third-order valence-electron chi connectivity index (χ3n) is 6.73. The number of imidazole rings is 1. The van der Waals surface area contributed by atoms with E-state index in [1.54, 1.807) is 6.92 Å². The number of nitrogens with one attached hydrogen (secondary N) is 1. The van der Waals surface area contributed by atoms with Gasteiger partial charge in [-0.2, -0.15) is 0 Å². The van der Waals surface area contributed by atoms with E-state index in [1.807, 2.05) is 53.1 Å². The van der Waals surface area contributed by atoms with Crippen molar-refractivity contribution in [3.63, 3.8) is 0 Å². The zero-order valence-corrected chi connectivity index (χ0v) is 23.4. The third-order valence-corrected chi connectivity index (χ3v) is 6.73. The molecule has 0 aliphatic heterocycles. The summed E-state index contributed by atoms with van der Waals surface area (Å²) < 4.78 is 9.30. The molecule has 0 aliphatic rings. The molecule has 5 aromatic rings. The van der Waals surface area contributed by atoms with E-state index in [-0.39, 0.29) is 16.6 Å². The Hall–Kier alpha value is -4.58. The van der Waals surface area contributed by atoms with Crippen molar-refractivity contribution in [1.82, 2.24) is 39.5 Å². The number of H-pyrrole nitrogens is 1. The van der Waals surface area contributed by atoms with Gasteiger partial charge in [0.15, 0.2) is 11.3 Å². The molecule has 0 aliphatic carbocycles. The predicted octanol–water partition coefficient (Wildman–Crippen LogP) is 3.07. The monoisotopic (exact) mass is 544 g/mol. The number of rotatable bonds is 8. The lowest BCUT2D eigenvalue weighted by molar-refractivity contribution is 0.0456. The first kappa shape index (κ1) is 27.0. The van der Waals surface area contributed by atoms with E-state index in [0.29, 0.717) is 24.6 Å². The molecule has 0 fully saturated rings. The summed E-state index contributed by atoms with van der Waals surface area (Å²) in [4.78, 5) is 37.0. The van der Waals surface area contributed by atoms with E-state index >= 15 is 0 Å². The van der Waals surface area contributed by atoms with Crippen LogP contribution >= 0.6 is 0 Å². The van der Waals surface area contributed by atoms with Gasteiger partial charge in [-0.1, -0.05) is 69.3 Å². The van der Waals surface area contributed by atoms with Gasteiger partial charge in [-0.05, 0) is 39.5 Å². The molecule has 0 spiro atoms. The van der Waals surface area contributed by atoms with Crippen LogP contribution in [0.3, 0.4) is 0 Å². The summed E-state index contributed by atoms with van der Waals surface area (Å²) in [5, 5.41) is 14.3. The Morgan fingerprint density at radius 3 is 2.30 bits per heavy atom. The van der Waals surface area contributed by atoms with Crippen molar-refractivity contribution in [2.75, 3.05) is 14.2 Å². The number of aromatic nitrogens is 8. The summed E-state index contributed by atoms with van der Waals surface area (Å²) in [6, 6.07) is 16.0. The number of aromatic amines is 1. The number of benzene rings is 2. The molecule has 0 saturated heterocycles. The summed E-state index contributed by atoms with van der Waals surface area (Å²) in [6.45, 7) is 8.30. The molecule has 5 rings (SSSR count). The number of methoxy groups -OCH3 is 1. The molecule has 1 atom stereocenters. The van der Waals surface area contributed by atoms with E-state index in [2.05, 4.69) is 41.4 Å². The molecule has 12 nitrogen and oxygen atoms in total. The average molecular weight is 545 g/mol. The standard InChI is InChI=1S/C28H32N8O4/c1-17(39-5)35-26(37)23-25(36(40-6)27(35)38)29-22(15-28(2,3)4)34(23)16-18-11-13-19(14-12-18)20-9-7-8-10-21(20)24-30-32-33-31-24/h7-14,17H,15-16H2,1-6H3,(H,30,31,32,33). The van der Waals surface area contributed by atoms with Crippen LogP contribution in [0.4, 0.5) is 0 Å². The second kappa shape index (κ2) is 10.5. The number of nitrogens with zero attached hydrogens (tertiary/aromatic N) is 7. The molecule has 0 radical (unpaired) electrons. The summed E-state index contributed by atoms with van der Waals surface area (Å²) in [7, 11) is 2.82. The molecule has 0 amide bonds. The zero-order valence-electron chi connectivity index (χ0n) is 23.4. The van der Waals surface area contributed by atoms with Crippen molar-refractivity contribution in [2.24, 2.45) is 5.41 Å². The Balaban J connectivity index is 1.63. The molecule has 12 heteroatoms. The smallest absolute Gasteiger partial charge is 0.368 e. The quantitative estimate of drug-likeness (QED) is 0.315. The highest BCUT2D eigenvalue weighted by Crippen LogP contribution is 2.30. The zero-order chi connectivity index (χ0) is 28.6. The summed E-state index contributed by atoms with van der Waals surface area (Å²) in [5.74, 6) is 1.27. The Bertz CT molecular complexity index is 1760. The van der Waals surface area contributed by atoms with Gasteiger partial charge in [-0.25, -0.2) is 19.4 Å². The van der Waals surface area contributed by atoms with Crippen molar-refractivity contribution in [3.05, 3.63) is 80.8 Å². The lowest BCUT2D eigenvalue weighted by Gasteiger charge is -2.19. The Morgan fingerprint density at radius 2 is 1.70 bits per heavy atom. The SMILES string of the molecule is COC(C)n1c(=O)c2c(nc(CC(C)(C)C)n2Cc2ccc(-c3ccccc3-c3nnn[nH]3)cc2)n(OC)c1=O. The highest BCUT2D eigenvalue weighted by atomic mass is 16.7. The topological polar surface area (TPSA) is 135 Å². The maximum Gasteiger partial charge on any atom is 0.368 e. The molecule has 3 heterocycles. The van der Waals surface area contributed by atoms with Gasteiger partial charge in [0.1, 0.15) is 19.2 Å². The number of tetrazole rings is 1. The molecule has 1 N–H and O–H groups in total. The summed E-state index contributed by atoms with van der Waals surface area (Å²) in [5.41, 5.74) is 3.02. The number of ether oxygens (including phenoxy) is 1. The van der Waals surface area contributed by atoms with Gasteiger partial charge in [-0.15, -0.1) is 9.83 Å². The van der Waals surface area contributed by atoms with E-state index < -0.39 is 17.5 Å². The maximum atomic E-state index is 13.7. The average Bonchev–Trinajstić information content (AvgIpc) is 3.57. The Morgan fingerprint density at radius 1 is 1.00 bits per heavy atom. The van der Waals surface area contributed by atoms with E-state index in [0.717, 1.165) is 31.6 Å². The van der Waals surface area contributed by atoms with Crippen molar-refractivity contribution in [1.29, 1.82) is 0 Å². The summed E-state index contributed by atoms with van der Waals surface area (Å²) in [6.07, 6.45) is -0.214. The van der Waals surface area contributed by atoms with Crippen LogP contribution < -0.4 is 16.1 Å². The Kier molecular flexibility index (Phi) is 7.11. The highest BCUT2D eigenvalue weighted by Gasteiger charge is 2.26. The van der Waals surface area contributed by atoms with E-state index in [1.165, 1.54) is 14.2 Å². The number of fused-ring (bicyclic) bond motifs is 1. The van der Waals surface area contributed by atoms with Crippen molar-refractivity contribution >= 4 is 11.2 Å².